The minimum Gasteiger partial charge on any atom is -0.308 e. The van der Waals surface area contributed by atoms with Gasteiger partial charge in [-0.3, -0.25) is 4.79 Å². The minimum atomic E-state index is -0.211. The Bertz CT molecular complexity index is 370. The van der Waals surface area contributed by atoms with Gasteiger partial charge in [-0.2, -0.15) is 0 Å². The smallest absolute Gasteiger partial charge is 0.239 e. The molecule has 0 atom stereocenters. The average molecular weight is 249 g/mol. The molecule has 1 N–H and O–H groups in total. The van der Waals surface area contributed by atoms with Crippen LogP contribution in [0.15, 0.2) is 6.33 Å². The van der Waals surface area contributed by atoms with Gasteiger partial charge in [-0.15, -0.1) is 0 Å². The Morgan fingerprint density at radius 2 is 2.13 bits per heavy atom. The van der Waals surface area contributed by atoms with Crippen LogP contribution in [-0.4, -0.2) is 41.4 Å². The fraction of sp³-hybridized carbons (Fsp3) is 0.375. The zero-order valence-corrected chi connectivity index (χ0v) is 9.80. The van der Waals surface area contributed by atoms with Gasteiger partial charge in [0.1, 0.15) is 11.3 Å². The van der Waals surface area contributed by atoms with Gasteiger partial charge in [0.25, 0.3) is 0 Å². The summed E-state index contributed by atoms with van der Waals surface area (Å²) >= 11 is 11.4. The van der Waals surface area contributed by atoms with Gasteiger partial charge in [-0.05, 0) is 14.1 Å². The standard InChI is InChI=1S/C8H10Cl2N4O/c1-14(2)3-5(15)13-8-6(9)7(10)11-4-12-8/h4H,3H2,1-2H3,(H,11,12,13,15). The van der Waals surface area contributed by atoms with Crippen LogP contribution in [-0.2, 0) is 4.79 Å². The Balaban J connectivity index is 2.73. The molecule has 1 amide bonds. The molecule has 0 saturated heterocycles. The second kappa shape index (κ2) is 5.25. The van der Waals surface area contributed by atoms with Crippen LogP contribution in [0.25, 0.3) is 0 Å². The maximum absolute atomic E-state index is 11.4. The number of hydrogen-bond acceptors (Lipinski definition) is 4. The molecule has 15 heavy (non-hydrogen) atoms. The summed E-state index contributed by atoms with van der Waals surface area (Å²) < 4.78 is 0. The van der Waals surface area contributed by atoms with Gasteiger partial charge in [0.15, 0.2) is 11.0 Å². The highest BCUT2D eigenvalue weighted by atomic mass is 35.5. The maximum Gasteiger partial charge on any atom is 0.239 e. The Kier molecular flexibility index (Phi) is 4.26. The molecule has 0 aliphatic carbocycles. The quantitative estimate of drug-likeness (QED) is 0.820. The van der Waals surface area contributed by atoms with Crippen LogP contribution in [0.5, 0.6) is 0 Å². The van der Waals surface area contributed by atoms with Crippen molar-refractivity contribution >= 4 is 34.9 Å². The van der Waals surface area contributed by atoms with Gasteiger partial charge in [0.05, 0.1) is 6.54 Å². The van der Waals surface area contributed by atoms with Crippen molar-refractivity contribution in [3.8, 4) is 0 Å². The van der Waals surface area contributed by atoms with Crippen molar-refractivity contribution in [2.75, 3.05) is 26.0 Å². The second-order valence-electron chi connectivity index (χ2n) is 3.11. The summed E-state index contributed by atoms with van der Waals surface area (Å²) in [7, 11) is 3.57. The molecule has 0 bridgehead atoms. The predicted molar refractivity (Wildman–Crippen MR) is 59.2 cm³/mol. The Morgan fingerprint density at radius 3 is 2.73 bits per heavy atom. The summed E-state index contributed by atoms with van der Waals surface area (Å²) in [4.78, 5) is 20.6. The van der Waals surface area contributed by atoms with E-state index in [2.05, 4.69) is 15.3 Å². The molecule has 5 nitrogen and oxygen atoms in total. The third-order valence-electron chi connectivity index (χ3n) is 1.46. The lowest BCUT2D eigenvalue weighted by Crippen LogP contribution is -2.27. The summed E-state index contributed by atoms with van der Waals surface area (Å²) in [6, 6.07) is 0. The zero-order valence-electron chi connectivity index (χ0n) is 8.29. The number of carbonyl (C=O) groups is 1. The molecule has 0 spiro atoms. The second-order valence-corrected chi connectivity index (χ2v) is 3.85. The highest BCUT2D eigenvalue weighted by molar-refractivity contribution is 6.42. The normalized spacial score (nSPS) is 10.5. The van der Waals surface area contributed by atoms with Crippen molar-refractivity contribution < 1.29 is 4.79 Å². The van der Waals surface area contributed by atoms with Crippen molar-refractivity contribution in [3.05, 3.63) is 16.5 Å². The summed E-state index contributed by atoms with van der Waals surface area (Å²) in [5, 5.41) is 2.80. The third-order valence-corrected chi connectivity index (χ3v) is 2.21. The minimum absolute atomic E-state index is 0.117. The van der Waals surface area contributed by atoms with E-state index in [1.54, 1.807) is 19.0 Å². The van der Waals surface area contributed by atoms with Gasteiger partial charge in [-0.25, -0.2) is 9.97 Å². The lowest BCUT2D eigenvalue weighted by atomic mass is 10.5. The molecular formula is C8H10Cl2N4O. The number of rotatable bonds is 3. The van der Waals surface area contributed by atoms with Crippen LogP contribution < -0.4 is 5.32 Å². The maximum atomic E-state index is 11.4. The number of halogens is 2. The number of amides is 1. The zero-order chi connectivity index (χ0) is 11.4. The summed E-state index contributed by atoms with van der Waals surface area (Å²) in [5.41, 5.74) is 0. The number of likely N-dealkylation sites (N-methyl/N-ethyl adjacent to an activating group) is 1. The van der Waals surface area contributed by atoms with Gasteiger partial charge < -0.3 is 10.2 Å². The summed E-state index contributed by atoms with van der Waals surface area (Å²) in [5.74, 6) is 0.0141. The number of hydrogen-bond donors (Lipinski definition) is 1. The Labute approximate surface area is 97.4 Å². The van der Waals surface area contributed by atoms with Crippen LogP contribution in [0.4, 0.5) is 5.82 Å². The molecule has 1 heterocycles. The molecule has 1 aromatic rings. The summed E-state index contributed by atoms with van der Waals surface area (Å²) in [6.45, 7) is 0.248. The fourth-order valence-corrected chi connectivity index (χ4v) is 1.17. The first kappa shape index (κ1) is 12.2. The van der Waals surface area contributed by atoms with Crippen LogP contribution in [0.1, 0.15) is 0 Å². The van der Waals surface area contributed by atoms with E-state index >= 15 is 0 Å². The fourth-order valence-electron chi connectivity index (χ4n) is 0.894. The SMILES string of the molecule is CN(C)CC(=O)Nc1ncnc(Cl)c1Cl. The van der Waals surface area contributed by atoms with Gasteiger partial charge in [0, 0.05) is 0 Å². The first-order chi connectivity index (χ1) is 7.00. The van der Waals surface area contributed by atoms with Crippen LogP contribution in [0, 0.1) is 0 Å². The monoisotopic (exact) mass is 248 g/mol. The van der Waals surface area contributed by atoms with E-state index in [1.807, 2.05) is 0 Å². The Hall–Kier alpha value is -0.910. The molecule has 0 aromatic carbocycles. The average Bonchev–Trinajstić information content (AvgIpc) is 2.11. The Morgan fingerprint density at radius 1 is 1.47 bits per heavy atom. The molecule has 1 rings (SSSR count). The highest BCUT2D eigenvalue weighted by Crippen LogP contribution is 2.25. The molecule has 82 valence electrons. The lowest BCUT2D eigenvalue weighted by molar-refractivity contribution is -0.116. The number of anilines is 1. The number of aromatic nitrogens is 2. The molecule has 7 heteroatoms. The number of nitrogens with zero attached hydrogens (tertiary/aromatic N) is 3. The molecular weight excluding hydrogens is 239 g/mol. The summed E-state index contributed by atoms with van der Waals surface area (Å²) in [6.07, 6.45) is 1.24. The van der Waals surface area contributed by atoms with E-state index in [-0.39, 0.29) is 28.4 Å². The van der Waals surface area contributed by atoms with E-state index in [0.29, 0.717) is 0 Å². The van der Waals surface area contributed by atoms with E-state index in [9.17, 15) is 4.79 Å². The molecule has 1 aromatic heterocycles. The number of nitrogens with one attached hydrogen (secondary N) is 1. The molecule has 0 aliphatic heterocycles. The van der Waals surface area contributed by atoms with Crippen molar-refractivity contribution in [1.29, 1.82) is 0 Å². The van der Waals surface area contributed by atoms with E-state index in [4.69, 9.17) is 23.2 Å². The van der Waals surface area contributed by atoms with Crippen LogP contribution >= 0.6 is 23.2 Å². The topological polar surface area (TPSA) is 58.1 Å². The molecule has 0 aliphatic rings. The first-order valence-corrected chi connectivity index (χ1v) is 4.87. The van der Waals surface area contributed by atoms with Gasteiger partial charge >= 0.3 is 0 Å². The molecule has 0 saturated carbocycles. The van der Waals surface area contributed by atoms with Gasteiger partial charge in [0.2, 0.25) is 5.91 Å². The first-order valence-electron chi connectivity index (χ1n) is 4.11. The van der Waals surface area contributed by atoms with E-state index in [0.717, 1.165) is 0 Å². The highest BCUT2D eigenvalue weighted by Gasteiger charge is 2.10. The number of carbonyl (C=O) groups excluding carboxylic acids is 1. The van der Waals surface area contributed by atoms with Crippen LogP contribution in [0.3, 0.4) is 0 Å². The van der Waals surface area contributed by atoms with Gasteiger partial charge in [-0.1, -0.05) is 23.2 Å². The van der Waals surface area contributed by atoms with E-state index in [1.165, 1.54) is 6.33 Å². The van der Waals surface area contributed by atoms with E-state index < -0.39 is 0 Å². The van der Waals surface area contributed by atoms with Crippen molar-refractivity contribution in [3.63, 3.8) is 0 Å². The van der Waals surface area contributed by atoms with Crippen molar-refractivity contribution in [2.45, 2.75) is 0 Å². The third kappa shape index (κ3) is 3.62. The lowest BCUT2D eigenvalue weighted by Gasteiger charge is -2.10. The molecule has 0 radical (unpaired) electrons. The predicted octanol–water partition coefficient (Wildman–Crippen LogP) is 1.28. The van der Waals surface area contributed by atoms with Crippen molar-refractivity contribution in [2.24, 2.45) is 0 Å². The molecule has 0 fully saturated rings. The molecule has 0 unspecified atom stereocenters. The van der Waals surface area contributed by atoms with Crippen molar-refractivity contribution in [1.82, 2.24) is 14.9 Å². The largest absolute Gasteiger partial charge is 0.308 e. The van der Waals surface area contributed by atoms with Crippen LogP contribution in [0.2, 0.25) is 10.2 Å².